The van der Waals surface area contributed by atoms with E-state index in [0.717, 1.165) is 12.2 Å². The summed E-state index contributed by atoms with van der Waals surface area (Å²) in [7, 11) is 0. The Labute approximate surface area is 106 Å². The van der Waals surface area contributed by atoms with Crippen molar-refractivity contribution in [1.29, 1.82) is 5.26 Å². The van der Waals surface area contributed by atoms with E-state index in [0.29, 0.717) is 29.3 Å². The van der Waals surface area contributed by atoms with Gasteiger partial charge in [-0.15, -0.1) is 0 Å². The van der Waals surface area contributed by atoms with Crippen LogP contribution < -0.4 is 5.73 Å². The van der Waals surface area contributed by atoms with Gasteiger partial charge in [-0.25, -0.2) is 5.26 Å². The van der Waals surface area contributed by atoms with Gasteiger partial charge in [0.15, 0.2) is 0 Å². The van der Waals surface area contributed by atoms with E-state index in [2.05, 4.69) is 11.1 Å². The summed E-state index contributed by atoms with van der Waals surface area (Å²) >= 11 is 0. The fourth-order valence-electron chi connectivity index (χ4n) is 3.14. The number of amides is 1. The molecule has 6 heteroatoms. The van der Waals surface area contributed by atoms with Crippen LogP contribution in [0.5, 0.6) is 0 Å². The predicted molar refractivity (Wildman–Crippen MR) is 67.0 cm³/mol. The van der Waals surface area contributed by atoms with E-state index in [1.807, 2.05) is 4.68 Å². The number of nitrogens with zero attached hydrogens (tertiary/aromatic N) is 3. The third kappa shape index (κ3) is 1.62. The fraction of sp³-hybridized carbons (Fsp3) is 0.583. The zero-order chi connectivity index (χ0) is 12.9. The molecule has 1 atom stereocenters. The molecular weight excluding hydrogens is 227 g/mol. The van der Waals surface area contributed by atoms with Crippen molar-refractivity contribution in [2.45, 2.75) is 38.4 Å². The molecule has 0 saturated heterocycles. The SMILES string of the molecule is Cc1nn2c(c1C(N)=O)CB(C#N)C(C1CC1)C2. The molecule has 1 unspecified atom stereocenters. The minimum atomic E-state index is -0.435. The first-order chi connectivity index (χ1) is 8.61. The van der Waals surface area contributed by atoms with Gasteiger partial charge < -0.3 is 5.73 Å². The number of primary amides is 1. The van der Waals surface area contributed by atoms with E-state index in [9.17, 15) is 10.1 Å². The van der Waals surface area contributed by atoms with Gasteiger partial charge in [-0.2, -0.15) is 5.10 Å². The van der Waals surface area contributed by atoms with Crippen molar-refractivity contribution in [3.05, 3.63) is 17.0 Å². The van der Waals surface area contributed by atoms with Gasteiger partial charge in [0.1, 0.15) is 0 Å². The minimum absolute atomic E-state index is 0.000741. The summed E-state index contributed by atoms with van der Waals surface area (Å²) in [6.07, 6.45) is 3.05. The second kappa shape index (κ2) is 3.87. The zero-order valence-electron chi connectivity index (χ0n) is 10.4. The number of hydrogen-bond acceptors (Lipinski definition) is 3. The van der Waals surface area contributed by atoms with Crippen molar-refractivity contribution in [2.75, 3.05) is 0 Å². The molecule has 92 valence electrons. The second-order valence-electron chi connectivity index (χ2n) is 5.39. The van der Waals surface area contributed by atoms with Crippen LogP contribution >= 0.6 is 0 Å². The van der Waals surface area contributed by atoms with E-state index >= 15 is 0 Å². The van der Waals surface area contributed by atoms with Crippen LogP contribution in [0.1, 0.15) is 34.6 Å². The number of rotatable bonds is 2. The lowest BCUT2D eigenvalue weighted by atomic mass is 9.37. The van der Waals surface area contributed by atoms with Gasteiger partial charge in [0.2, 0.25) is 0 Å². The van der Waals surface area contributed by atoms with Crippen LogP contribution in [0.2, 0.25) is 5.82 Å². The summed E-state index contributed by atoms with van der Waals surface area (Å²) < 4.78 is 1.90. The standard InChI is InChI=1S/C12H15BN4O/c1-7-11(12(15)18)10-4-13(6-14)9(8-2-3-8)5-17(10)16-7/h8-9H,2-5H2,1H3,(H2,15,18). The van der Waals surface area contributed by atoms with Crippen LogP contribution in [-0.2, 0) is 12.9 Å². The zero-order valence-corrected chi connectivity index (χ0v) is 10.4. The summed E-state index contributed by atoms with van der Waals surface area (Å²) in [6, 6.07) is 0. The third-order valence-electron chi connectivity index (χ3n) is 4.19. The Bertz CT molecular complexity index is 555. The van der Waals surface area contributed by atoms with Crippen LogP contribution in [0.15, 0.2) is 0 Å². The molecule has 3 rings (SSSR count). The number of hydrogen-bond donors (Lipinski definition) is 1. The summed E-state index contributed by atoms with van der Waals surface area (Å²) in [6.45, 7) is 2.56. The molecule has 0 radical (unpaired) electrons. The van der Waals surface area contributed by atoms with Crippen molar-refractivity contribution < 1.29 is 4.79 Å². The Balaban J connectivity index is 2.01. The lowest BCUT2D eigenvalue weighted by Gasteiger charge is -2.26. The molecule has 0 bridgehead atoms. The molecular formula is C12H15BN4O. The first-order valence-corrected chi connectivity index (χ1v) is 6.37. The van der Waals surface area contributed by atoms with Gasteiger partial charge in [-0.05, 0) is 25.0 Å². The van der Waals surface area contributed by atoms with E-state index in [1.54, 1.807) is 6.92 Å². The Morgan fingerprint density at radius 3 is 2.89 bits per heavy atom. The number of aryl methyl sites for hydroxylation is 1. The highest BCUT2D eigenvalue weighted by Gasteiger charge is 2.43. The van der Waals surface area contributed by atoms with E-state index < -0.39 is 5.91 Å². The van der Waals surface area contributed by atoms with Crippen molar-refractivity contribution in [1.82, 2.24) is 9.78 Å². The van der Waals surface area contributed by atoms with Crippen LogP contribution in [0.4, 0.5) is 0 Å². The Morgan fingerprint density at radius 1 is 1.61 bits per heavy atom. The lowest BCUT2D eigenvalue weighted by Crippen LogP contribution is -2.35. The smallest absolute Gasteiger partial charge is 0.279 e. The molecule has 2 aliphatic rings. The van der Waals surface area contributed by atoms with Crippen LogP contribution in [0, 0.1) is 24.1 Å². The van der Waals surface area contributed by atoms with Crippen LogP contribution in [-0.4, -0.2) is 22.4 Å². The van der Waals surface area contributed by atoms with Crippen molar-refractivity contribution >= 4 is 12.6 Å². The normalized spacial score (nSPS) is 22.4. The Morgan fingerprint density at radius 2 is 2.33 bits per heavy atom. The summed E-state index contributed by atoms with van der Waals surface area (Å²) in [5.74, 6) is 3.03. The van der Waals surface area contributed by atoms with Crippen LogP contribution in [0.3, 0.4) is 0 Å². The second-order valence-corrected chi connectivity index (χ2v) is 5.39. The summed E-state index contributed by atoms with van der Waals surface area (Å²) in [5.41, 5.74) is 7.46. The topological polar surface area (TPSA) is 84.7 Å². The molecule has 0 spiro atoms. The first kappa shape index (κ1) is 11.3. The molecule has 2 heterocycles. The van der Waals surface area contributed by atoms with Gasteiger partial charge >= 0.3 is 0 Å². The highest BCUT2D eigenvalue weighted by Crippen LogP contribution is 2.45. The lowest BCUT2D eigenvalue weighted by molar-refractivity contribution is 0.0999. The number of fused-ring (bicyclic) bond motifs is 1. The average molecular weight is 242 g/mol. The number of nitriles is 1. The highest BCUT2D eigenvalue weighted by atomic mass is 16.1. The molecule has 1 fully saturated rings. The maximum atomic E-state index is 11.5. The molecule has 1 saturated carbocycles. The van der Waals surface area contributed by atoms with E-state index in [-0.39, 0.29) is 6.71 Å². The fourth-order valence-corrected chi connectivity index (χ4v) is 3.14. The molecule has 1 aromatic heterocycles. The maximum absolute atomic E-state index is 11.5. The van der Waals surface area contributed by atoms with Crippen LogP contribution in [0.25, 0.3) is 0 Å². The third-order valence-corrected chi connectivity index (χ3v) is 4.19. The van der Waals surface area contributed by atoms with Gasteiger partial charge in [0.25, 0.3) is 12.6 Å². The minimum Gasteiger partial charge on any atom is -0.365 e. The van der Waals surface area contributed by atoms with E-state index in [1.165, 1.54) is 12.8 Å². The highest BCUT2D eigenvalue weighted by molar-refractivity contribution is 6.68. The molecule has 1 amide bonds. The van der Waals surface area contributed by atoms with E-state index in [4.69, 9.17) is 5.73 Å². The molecule has 2 N–H and O–H groups in total. The number of aromatic nitrogens is 2. The summed E-state index contributed by atoms with van der Waals surface area (Å²) in [4.78, 5) is 11.5. The number of nitrogens with two attached hydrogens (primary N) is 1. The molecule has 1 aliphatic heterocycles. The first-order valence-electron chi connectivity index (χ1n) is 6.37. The molecule has 1 aliphatic carbocycles. The molecule has 1 aromatic rings. The predicted octanol–water partition coefficient (Wildman–Crippen LogP) is 0.723. The quantitative estimate of drug-likeness (QED) is 0.775. The van der Waals surface area contributed by atoms with Gasteiger partial charge in [-0.3, -0.25) is 9.48 Å². The van der Waals surface area contributed by atoms with Gasteiger partial charge in [0.05, 0.1) is 11.3 Å². The van der Waals surface area contributed by atoms with Gasteiger partial charge in [0, 0.05) is 18.2 Å². The Kier molecular flexibility index (Phi) is 2.44. The monoisotopic (exact) mass is 242 g/mol. The Hall–Kier alpha value is -1.77. The van der Waals surface area contributed by atoms with Gasteiger partial charge in [-0.1, -0.05) is 12.8 Å². The van der Waals surface area contributed by atoms with Crippen molar-refractivity contribution in [3.63, 3.8) is 0 Å². The maximum Gasteiger partial charge on any atom is 0.279 e. The van der Waals surface area contributed by atoms with Crippen molar-refractivity contribution in [3.8, 4) is 5.97 Å². The average Bonchev–Trinajstić information content (AvgIpc) is 3.09. The molecule has 0 aromatic carbocycles. The number of carbonyl (C=O) groups excluding carboxylic acids is 1. The van der Waals surface area contributed by atoms with Crippen molar-refractivity contribution in [2.24, 2.45) is 11.7 Å². The summed E-state index contributed by atoms with van der Waals surface area (Å²) in [5, 5.41) is 13.7. The largest absolute Gasteiger partial charge is 0.365 e. The molecule has 18 heavy (non-hydrogen) atoms. The number of carbonyl (C=O) groups is 1. The molecule has 5 nitrogen and oxygen atoms in total.